The van der Waals surface area contributed by atoms with Crippen molar-refractivity contribution in [3.63, 3.8) is 0 Å². The summed E-state index contributed by atoms with van der Waals surface area (Å²) in [6, 6.07) is 3.98. The van der Waals surface area contributed by atoms with E-state index in [1.54, 1.807) is 0 Å². The van der Waals surface area contributed by atoms with Gasteiger partial charge in [-0.05, 0) is 37.6 Å². The minimum atomic E-state index is -0.587. The second kappa shape index (κ2) is 6.45. The molecule has 0 spiro atoms. The summed E-state index contributed by atoms with van der Waals surface area (Å²) in [4.78, 5) is 11.5. The Morgan fingerprint density at radius 3 is 2.81 bits per heavy atom. The first-order valence-corrected chi connectivity index (χ1v) is 5.46. The van der Waals surface area contributed by atoms with E-state index in [0.717, 1.165) is 18.9 Å². The lowest BCUT2D eigenvalue weighted by molar-refractivity contribution is 0.0952. The monoisotopic (exact) mass is 244 g/mol. The molecule has 1 aromatic carbocycles. The van der Waals surface area contributed by atoms with E-state index in [0.29, 0.717) is 13.1 Å². The molecule has 0 saturated heterocycles. The van der Waals surface area contributed by atoms with Crippen molar-refractivity contribution < 1.29 is 9.18 Å². The van der Waals surface area contributed by atoms with Crippen molar-refractivity contribution in [2.75, 3.05) is 13.1 Å². The molecule has 0 aliphatic rings. The number of amides is 1. The summed E-state index contributed by atoms with van der Waals surface area (Å²) in [6.07, 6.45) is 1.67. The lowest BCUT2D eigenvalue weighted by atomic mass is 10.2. The van der Waals surface area contributed by atoms with Gasteiger partial charge >= 0.3 is 0 Å². The van der Waals surface area contributed by atoms with E-state index < -0.39 is 5.82 Å². The molecule has 3 N–H and O–H groups in total. The van der Waals surface area contributed by atoms with Gasteiger partial charge in [0.25, 0.3) is 5.91 Å². The number of hydrogen-bond acceptors (Lipinski definition) is 2. The number of rotatable bonds is 5. The molecular formula is C11H14ClFN2O. The molecule has 88 valence electrons. The molecule has 3 nitrogen and oxygen atoms in total. The highest BCUT2D eigenvalue weighted by Gasteiger charge is 2.07. The normalized spacial score (nSPS) is 10.2. The Morgan fingerprint density at radius 2 is 2.19 bits per heavy atom. The fourth-order valence-corrected chi connectivity index (χ4v) is 1.33. The smallest absolute Gasteiger partial charge is 0.251 e. The van der Waals surface area contributed by atoms with Crippen LogP contribution in [-0.4, -0.2) is 19.0 Å². The van der Waals surface area contributed by atoms with Gasteiger partial charge in [-0.1, -0.05) is 11.6 Å². The first kappa shape index (κ1) is 12.9. The van der Waals surface area contributed by atoms with E-state index >= 15 is 0 Å². The van der Waals surface area contributed by atoms with Crippen molar-refractivity contribution in [1.29, 1.82) is 0 Å². The number of unbranched alkanes of at least 4 members (excludes halogenated alkanes) is 1. The number of carbonyl (C=O) groups excluding carboxylic acids is 1. The van der Waals surface area contributed by atoms with E-state index in [9.17, 15) is 9.18 Å². The summed E-state index contributed by atoms with van der Waals surface area (Å²) in [5.41, 5.74) is 5.59. The Labute approximate surface area is 98.8 Å². The Morgan fingerprint density at radius 1 is 1.44 bits per heavy atom. The first-order chi connectivity index (χ1) is 7.65. The molecule has 0 saturated carbocycles. The molecule has 0 unspecified atom stereocenters. The third kappa shape index (κ3) is 3.79. The minimum Gasteiger partial charge on any atom is -0.352 e. The highest BCUT2D eigenvalue weighted by atomic mass is 35.5. The third-order valence-corrected chi connectivity index (χ3v) is 2.40. The Kier molecular flexibility index (Phi) is 5.22. The maximum atomic E-state index is 13.1. The number of hydrogen-bond donors (Lipinski definition) is 2. The van der Waals surface area contributed by atoms with E-state index in [1.807, 2.05) is 0 Å². The molecule has 1 rings (SSSR count). The molecular weight excluding hydrogens is 231 g/mol. The Bertz CT molecular complexity index is 371. The summed E-state index contributed by atoms with van der Waals surface area (Å²) >= 11 is 5.51. The molecule has 1 amide bonds. The average Bonchev–Trinajstić information content (AvgIpc) is 2.28. The predicted octanol–water partition coefficient (Wildman–Crippen LogP) is 1.95. The molecule has 16 heavy (non-hydrogen) atoms. The van der Waals surface area contributed by atoms with Gasteiger partial charge in [0.15, 0.2) is 0 Å². The Balaban J connectivity index is 2.50. The zero-order valence-corrected chi connectivity index (χ0v) is 9.56. The third-order valence-electron chi connectivity index (χ3n) is 2.10. The summed E-state index contributed by atoms with van der Waals surface area (Å²) in [7, 11) is 0. The van der Waals surface area contributed by atoms with Gasteiger partial charge in [-0.3, -0.25) is 4.79 Å². The first-order valence-electron chi connectivity index (χ1n) is 5.08. The van der Waals surface area contributed by atoms with Crippen LogP contribution in [0, 0.1) is 5.82 Å². The van der Waals surface area contributed by atoms with Crippen LogP contribution in [0.2, 0.25) is 5.02 Å². The summed E-state index contributed by atoms with van der Waals surface area (Å²) in [5, 5.41) is 2.69. The molecule has 0 bridgehead atoms. The quantitative estimate of drug-likeness (QED) is 0.778. The summed E-state index contributed by atoms with van der Waals surface area (Å²) in [6.45, 7) is 1.14. The molecule has 0 fully saturated rings. The second-order valence-corrected chi connectivity index (χ2v) is 3.79. The molecule has 0 atom stereocenters. The minimum absolute atomic E-state index is 0.0136. The van der Waals surface area contributed by atoms with Gasteiger partial charge in [-0.2, -0.15) is 0 Å². The fourth-order valence-electron chi connectivity index (χ4n) is 1.21. The number of carbonyl (C=O) groups is 1. The van der Waals surface area contributed by atoms with Crippen molar-refractivity contribution in [3.8, 4) is 0 Å². The average molecular weight is 245 g/mol. The van der Waals surface area contributed by atoms with Crippen LogP contribution in [0.3, 0.4) is 0 Å². The van der Waals surface area contributed by atoms with E-state index in [1.165, 1.54) is 12.1 Å². The molecule has 0 heterocycles. The SMILES string of the molecule is NCCCCNC(=O)c1ccc(Cl)c(F)c1. The molecule has 0 aliphatic heterocycles. The lowest BCUT2D eigenvalue weighted by Crippen LogP contribution is -2.24. The van der Waals surface area contributed by atoms with Crippen LogP contribution in [0.15, 0.2) is 18.2 Å². The Hall–Kier alpha value is -1.13. The standard InChI is InChI=1S/C11H14ClFN2O/c12-9-4-3-8(7-10(9)13)11(16)15-6-2-1-5-14/h3-4,7H,1-2,5-6,14H2,(H,15,16). The van der Waals surface area contributed by atoms with Crippen molar-refractivity contribution in [1.82, 2.24) is 5.32 Å². The maximum Gasteiger partial charge on any atom is 0.251 e. The molecule has 0 aromatic heterocycles. The number of benzene rings is 1. The van der Waals surface area contributed by atoms with E-state index in [-0.39, 0.29) is 16.5 Å². The highest BCUT2D eigenvalue weighted by Crippen LogP contribution is 2.15. The summed E-state index contributed by atoms with van der Waals surface area (Å²) in [5.74, 6) is -0.885. The fraction of sp³-hybridized carbons (Fsp3) is 0.364. The number of halogens is 2. The van der Waals surface area contributed by atoms with Gasteiger partial charge in [0.1, 0.15) is 5.82 Å². The molecule has 1 aromatic rings. The number of nitrogens with two attached hydrogens (primary N) is 1. The van der Waals surface area contributed by atoms with Crippen molar-refractivity contribution in [2.24, 2.45) is 5.73 Å². The molecule has 0 aliphatic carbocycles. The van der Waals surface area contributed by atoms with Crippen LogP contribution in [0.1, 0.15) is 23.2 Å². The van der Waals surface area contributed by atoms with Crippen LogP contribution in [0.4, 0.5) is 4.39 Å². The van der Waals surface area contributed by atoms with Gasteiger partial charge in [0.2, 0.25) is 0 Å². The van der Waals surface area contributed by atoms with Crippen LogP contribution in [-0.2, 0) is 0 Å². The molecule has 5 heteroatoms. The van der Waals surface area contributed by atoms with E-state index in [4.69, 9.17) is 17.3 Å². The van der Waals surface area contributed by atoms with E-state index in [2.05, 4.69) is 5.32 Å². The van der Waals surface area contributed by atoms with Crippen LogP contribution >= 0.6 is 11.6 Å². The van der Waals surface area contributed by atoms with Gasteiger partial charge in [0, 0.05) is 12.1 Å². The lowest BCUT2D eigenvalue weighted by Gasteiger charge is -2.05. The van der Waals surface area contributed by atoms with Gasteiger partial charge < -0.3 is 11.1 Å². The van der Waals surface area contributed by atoms with Crippen molar-refractivity contribution >= 4 is 17.5 Å². The second-order valence-electron chi connectivity index (χ2n) is 3.38. The van der Waals surface area contributed by atoms with Gasteiger partial charge in [-0.25, -0.2) is 4.39 Å². The van der Waals surface area contributed by atoms with Gasteiger partial charge in [0.05, 0.1) is 5.02 Å². The van der Waals surface area contributed by atoms with Crippen molar-refractivity contribution in [3.05, 3.63) is 34.6 Å². The zero-order chi connectivity index (χ0) is 12.0. The molecule has 0 radical (unpaired) electrons. The predicted molar refractivity (Wildman–Crippen MR) is 62.0 cm³/mol. The van der Waals surface area contributed by atoms with Crippen LogP contribution in [0.25, 0.3) is 0 Å². The maximum absolute atomic E-state index is 13.1. The van der Waals surface area contributed by atoms with Crippen LogP contribution < -0.4 is 11.1 Å². The largest absolute Gasteiger partial charge is 0.352 e. The number of nitrogens with one attached hydrogen (secondary N) is 1. The summed E-state index contributed by atoms with van der Waals surface area (Å²) < 4.78 is 13.1. The van der Waals surface area contributed by atoms with Crippen molar-refractivity contribution in [2.45, 2.75) is 12.8 Å². The highest BCUT2D eigenvalue weighted by molar-refractivity contribution is 6.30. The zero-order valence-electron chi connectivity index (χ0n) is 8.80. The van der Waals surface area contributed by atoms with Gasteiger partial charge in [-0.15, -0.1) is 0 Å². The topological polar surface area (TPSA) is 55.1 Å². The van der Waals surface area contributed by atoms with Crippen LogP contribution in [0.5, 0.6) is 0 Å².